The Hall–Kier alpha value is -4.08. The first-order chi connectivity index (χ1) is 19.0. The second kappa shape index (κ2) is 11.3. The smallest absolute Gasteiger partial charge is 0.346 e. The lowest BCUT2D eigenvalue weighted by Crippen LogP contribution is -2.56. The van der Waals surface area contributed by atoms with Crippen LogP contribution in [-0.4, -0.2) is 29.4 Å². The van der Waals surface area contributed by atoms with Crippen LogP contribution < -0.4 is 21.2 Å². The molecule has 0 spiro atoms. The maximum Gasteiger partial charge on any atom is 0.346 e. The van der Waals surface area contributed by atoms with Gasteiger partial charge in [0.2, 0.25) is 5.78 Å². The topological polar surface area (TPSA) is 72.5 Å². The summed E-state index contributed by atoms with van der Waals surface area (Å²) in [6.45, 7) is 1.98. The fourth-order valence-corrected chi connectivity index (χ4v) is 9.26. The number of ketones is 1. The summed E-state index contributed by atoms with van der Waals surface area (Å²) in [6.07, 6.45) is 1.45. The fourth-order valence-electron chi connectivity index (χ4n) is 5.32. The lowest BCUT2D eigenvalue weighted by atomic mass is 9.83. The monoisotopic (exact) mass is 536 g/mol. The van der Waals surface area contributed by atoms with Crippen LogP contribution in [0.1, 0.15) is 36.5 Å². The number of carbonyl (C=O) groups is 3. The first-order valence-corrected chi connectivity index (χ1v) is 15.2. The number of rotatable bonds is 9. The van der Waals surface area contributed by atoms with E-state index < -0.39 is 30.5 Å². The standard InChI is InChI=1S/C33H30NO4P/c1-2-3-23-33(31(36)28-21-13-14-22-29(28)34-32(33)37)38-30(35)24-39(25-15-7-4-8-16-25,26-17-9-5-10-18-26)27-19-11-6-12-20-27/h4-22H,2-3,23-24H2,1H3/p+1. The lowest BCUT2D eigenvalue weighted by molar-refractivity contribution is -0.159. The van der Waals surface area contributed by atoms with Gasteiger partial charge in [0.15, 0.2) is 6.16 Å². The summed E-state index contributed by atoms with van der Waals surface area (Å²) >= 11 is 0. The Morgan fingerprint density at radius 2 is 1.23 bits per heavy atom. The van der Waals surface area contributed by atoms with Crippen molar-refractivity contribution in [2.75, 3.05) is 11.5 Å². The van der Waals surface area contributed by atoms with E-state index in [0.29, 0.717) is 17.7 Å². The number of carbonyl (C=O) groups excluding carboxylic acids is 3. The molecule has 0 aromatic heterocycles. The summed E-state index contributed by atoms with van der Waals surface area (Å²) in [5.74, 6) is -1.62. The van der Waals surface area contributed by atoms with Gasteiger partial charge in [-0.15, -0.1) is 0 Å². The quantitative estimate of drug-likeness (QED) is 0.179. The summed E-state index contributed by atoms with van der Waals surface area (Å²) < 4.78 is 6.11. The predicted octanol–water partition coefficient (Wildman–Crippen LogP) is 5.29. The van der Waals surface area contributed by atoms with Crippen molar-refractivity contribution < 1.29 is 19.1 Å². The molecule has 1 N–H and O–H groups in total. The Balaban J connectivity index is 1.61. The molecule has 4 aromatic carbocycles. The van der Waals surface area contributed by atoms with E-state index in [2.05, 4.69) is 5.32 Å². The molecular formula is C33H31NO4P+. The molecule has 0 aliphatic carbocycles. The van der Waals surface area contributed by atoms with E-state index in [1.165, 1.54) is 0 Å². The van der Waals surface area contributed by atoms with Crippen LogP contribution in [0.4, 0.5) is 5.69 Å². The molecule has 5 rings (SSSR count). The minimum Gasteiger partial charge on any atom is -0.438 e. The molecule has 39 heavy (non-hydrogen) atoms. The highest BCUT2D eigenvalue weighted by molar-refractivity contribution is 7.96. The zero-order valence-corrected chi connectivity index (χ0v) is 22.8. The molecule has 1 amide bonds. The van der Waals surface area contributed by atoms with E-state index in [0.717, 1.165) is 22.3 Å². The minimum absolute atomic E-state index is 0.0150. The van der Waals surface area contributed by atoms with Gasteiger partial charge in [-0.2, -0.15) is 0 Å². The number of Topliss-reactive ketones (excluding diaryl/α,β-unsaturated/α-hetero) is 1. The van der Waals surface area contributed by atoms with Crippen LogP contribution in [0.3, 0.4) is 0 Å². The van der Waals surface area contributed by atoms with Crippen LogP contribution >= 0.6 is 7.26 Å². The molecule has 0 bridgehead atoms. The number of nitrogens with one attached hydrogen (secondary N) is 1. The average molecular weight is 537 g/mol. The van der Waals surface area contributed by atoms with Crippen molar-refractivity contribution in [2.45, 2.75) is 31.8 Å². The van der Waals surface area contributed by atoms with Crippen LogP contribution in [0, 0.1) is 0 Å². The summed E-state index contributed by atoms with van der Waals surface area (Å²) in [6, 6.07) is 36.8. The summed E-state index contributed by atoms with van der Waals surface area (Å²) in [5, 5.41) is 5.89. The van der Waals surface area contributed by atoms with Crippen molar-refractivity contribution in [1.82, 2.24) is 0 Å². The molecule has 1 atom stereocenters. The third-order valence-corrected chi connectivity index (χ3v) is 11.6. The molecule has 5 nitrogen and oxygen atoms in total. The van der Waals surface area contributed by atoms with E-state index in [1.54, 1.807) is 24.3 Å². The van der Waals surface area contributed by atoms with Crippen LogP contribution in [0.15, 0.2) is 115 Å². The third kappa shape index (κ3) is 4.91. The van der Waals surface area contributed by atoms with E-state index in [1.807, 2.05) is 97.9 Å². The first-order valence-electron chi connectivity index (χ1n) is 13.2. The molecule has 4 aromatic rings. The SMILES string of the molecule is CCCCC1(OC(=O)C[P+](c2ccccc2)(c2ccccc2)c2ccccc2)C(=O)Nc2ccccc2C1=O. The van der Waals surface area contributed by atoms with Crippen molar-refractivity contribution in [3.63, 3.8) is 0 Å². The van der Waals surface area contributed by atoms with Crippen LogP contribution in [0.25, 0.3) is 0 Å². The molecule has 6 heteroatoms. The Morgan fingerprint density at radius 3 is 1.74 bits per heavy atom. The van der Waals surface area contributed by atoms with E-state index in [9.17, 15) is 14.4 Å². The Kier molecular flexibility index (Phi) is 7.72. The van der Waals surface area contributed by atoms with E-state index >= 15 is 0 Å². The molecule has 0 saturated heterocycles. The second-order valence-corrected chi connectivity index (χ2v) is 13.2. The van der Waals surface area contributed by atoms with Gasteiger partial charge in [-0.3, -0.25) is 9.59 Å². The molecule has 1 aliphatic rings. The maximum atomic E-state index is 14.1. The fraction of sp³-hybridized carbons (Fsp3) is 0.182. The Bertz CT molecular complexity index is 1380. The number of fused-ring (bicyclic) bond motifs is 1. The van der Waals surface area contributed by atoms with Crippen molar-refractivity contribution in [3.8, 4) is 0 Å². The second-order valence-electron chi connectivity index (χ2n) is 9.71. The van der Waals surface area contributed by atoms with Crippen molar-refractivity contribution >= 4 is 46.5 Å². The van der Waals surface area contributed by atoms with E-state index in [-0.39, 0.29) is 12.6 Å². The molecule has 1 aliphatic heterocycles. The number of amides is 1. The number of ether oxygens (including phenoxy) is 1. The summed E-state index contributed by atoms with van der Waals surface area (Å²) in [7, 11) is -2.56. The van der Waals surface area contributed by atoms with Crippen LogP contribution in [0.2, 0.25) is 0 Å². The average Bonchev–Trinajstić information content (AvgIpc) is 2.99. The lowest BCUT2D eigenvalue weighted by Gasteiger charge is -2.35. The zero-order valence-electron chi connectivity index (χ0n) is 21.9. The number of para-hydroxylation sites is 1. The van der Waals surface area contributed by atoms with Gasteiger partial charge >= 0.3 is 5.97 Å². The van der Waals surface area contributed by atoms with Gasteiger partial charge in [0.05, 0.1) is 5.69 Å². The van der Waals surface area contributed by atoms with Gasteiger partial charge in [-0.25, -0.2) is 4.79 Å². The maximum absolute atomic E-state index is 14.1. The Labute approximate surface area is 229 Å². The Morgan fingerprint density at radius 1 is 0.744 bits per heavy atom. The number of anilines is 1. The van der Waals surface area contributed by atoms with Crippen molar-refractivity contribution in [3.05, 3.63) is 121 Å². The van der Waals surface area contributed by atoms with Gasteiger partial charge in [0, 0.05) is 12.0 Å². The zero-order chi connectivity index (χ0) is 27.3. The third-order valence-electron chi connectivity index (χ3n) is 7.28. The van der Waals surface area contributed by atoms with E-state index in [4.69, 9.17) is 4.74 Å². The van der Waals surface area contributed by atoms with Gasteiger partial charge < -0.3 is 10.1 Å². The number of benzene rings is 4. The predicted molar refractivity (Wildman–Crippen MR) is 158 cm³/mol. The minimum atomic E-state index is -2.56. The summed E-state index contributed by atoms with van der Waals surface area (Å²) in [5.41, 5.74) is -1.10. The van der Waals surface area contributed by atoms with Gasteiger partial charge in [0.25, 0.3) is 11.5 Å². The van der Waals surface area contributed by atoms with Crippen LogP contribution in [-0.2, 0) is 14.3 Å². The summed E-state index contributed by atoms with van der Waals surface area (Å²) in [4.78, 5) is 41.4. The van der Waals surface area contributed by atoms with Gasteiger partial charge in [-0.1, -0.05) is 80.1 Å². The molecular weight excluding hydrogens is 505 g/mol. The first kappa shape index (κ1) is 26.5. The highest BCUT2D eigenvalue weighted by Crippen LogP contribution is 2.55. The number of hydrogen-bond donors (Lipinski definition) is 1. The largest absolute Gasteiger partial charge is 0.438 e. The number of hydrogen-bond acceptors (Lipinski definition) is 4. The number of esters is 1. The van der Waals surface area contributed by atoms with Crippen LogP contribution in [0.5, 0.6) is 0 Å². The van der Waals surface area contributed by atoms with Crippen molar-refractivity contribution in [2.24, 2.45) is 0 Å². The highest BCUT2D eigenvalue weighted by atomic mass is 31.2. The van der Waals surface area contributed by atoms with Crippen molar-refractivity contribution in [1.29, 1.82) is 0 Å². The molecule has 1 unspecified atom stereocenters. The molecule has 196 valence electrons. The molecule has 0 radical (unpaired) electrons. The molecule has 0 fully saturated rings. The number of unbranched alkanes of at least 4 members (excludes halogenated alkanes) is 1. The van der Waals surface area contributed by atoms with Gasteiger partial charge in [0.1, 0.15) is 23.2 Å². The highest BCUT2D eigenvalue weighted by Gasteiger charge is 2.55. The molecule has 0 saturated carbocycles. The van der Waals surface area contributed by atoms with Gasteiger partial charge in [-0.05, 0) is 55.0 Å². The molecule has 1 heterocycles. The normalized spacial score (nSPS) is 16.7.